The van der Waals surface area contributed by atoms with E-state index in [2.05, 4.69) is 15.7 Å². The minimum absolute atomic E-state index is 0. The Bertz CT molecular complexity index is 373. The highest BCUT2D eigenvalue weighted by Gasteiger charge is 2.04. The van der Waals surface area contributed by atoms with Gasteiger partial charge in [0.15, 0.2) is 5.82 Å². The number of anilines is 1. The van der Waals surface area contributed by atoms with Crippen molar-refractivity contribution in [2.24, 2.45) is 0 Å². The summed E-state index contributed by atoms with van der Waals surface area (Å²) in [5.41, 5.74) is 0. The summed E-state index contributed by atoms with van der Waals surface area (Å²) in [5, 5.41) is 9.93. The number of nitrogens with zero attached hydrogens (tertiary/aromatic N) is 2. The first-order chi connectivity index (χ1) is 9.26. The molecule has 1 aromatic heterocycles. The van der Waals surface area contributed by atoms with E-state index < -0.39 is 0 Å². The fraction of sp³-hybridized carbons (Fsp3) is 0.667. The highest BCUT2D eigenvalue weighted by Crippen LogP contribution is 2.02. The molecule has 0 aliphatic carbocycles. The van der Waals surface area contributed by atoms with Crippen molar-refractivity contribution in [3.05, 3.63) is 12.3 Å². The number of carbonyl (C=O) groups is 1. The molecule has 20 heavy (non-hydrogen) atoms. The van der Waals surface area contributed by atoms with Crippen LogP contribution in [0.4, 0.5) is 5.82 Å². The molecule has 0 fully saturated rings. The number of aromatic nitrogens is 2. The van der Waals surface area contributed by atoms with Crippen molar-refractivity contribution in [3.63, 3.8) is 0 Å². The van der Waals surface area contributed by atoms with Crippen molar-refractivity contribution in [2.75, 3.05) is 45.8 Å². The molecular weight excluding hydrogens is 284 g/mol. The Hall–Kier alpha value is -1.15. The van der Waals surface area contributed by atoms with Crippen LogP contribution in [0, 0.1) is 0 Å². The molecule has 0 aliphatic rings. The van der Waals surface area contributed by atoms with Crippen LogP contribution in [0.15, 0.2) is 12.3 Å². The van der Waals surface area contributed by atoms with E-state index in [1.807, 2.05) is 6.20 Å². The number of ether oxygens (including phenoxy) is 2. The summed E-state index contributed by atoms with van der Waals surface area (Å²) in [7, 11) is 3.29. The zero-order valence-electron chi connectivity index (χ0n) is 11.9. The first-order valence-electron chi connectivity index (χ1n) is 6.28. The van der Waals surface area contributed by atoms with Gasteiger partial charge in [0.05, 0.1) is 13.2 Å². The summed E-state index contributed by atoms with van der Waals surface area (Å²) in [6.45, 7) is 2.96. The molecule has 1 aromatic rings. The first-order valence-corrected chi connectivity index (χ1v) is 6.28. The number of carbonyl (C=O) groups excluding carboxylic acids is 1. The van der Waals surface area contributed by atoms with Crippen LogP contribution in [-0.2, 0) is 20.8 Å². The maximum absolute atomic E-state index is 11.6. The van der Waals surface area contributed by atoms with Gasteiger partial charge in [-0.25, -0.2) is 0 Å². The Kier molecular flexibility index (Phi) is 11.0. The Morgan fingerprint density at radius 3 is 2.80 bits per heavy atom. The Labute approximate surface area is 125 Å². The van der Waals surface area contributed by atoms with Gasteiger partial charge in [0.2, 0.25) is 5.91 Å². The van der Waals surface area contributed by atoms with E-state index in [1.165, 1.54) is 0 Å². The molecule has 7 nitrogen and oxygen atoms in total. The lowest BCUT2D eigenvalue weighted by atomic mass is 10.4. The van der Waals surface area contributed by atoms with Gasteiger partial charge in [0.25, 0.3) is 0 Å². The first kappa shape index (κ1) is 18.9. The van der Waals surface area contributed by atoms with E-state index in [-0.39, 0.29) is 24.9 Å². The Balaban J connectivity index is 0.00000361. The zero-order chi connectivity index (χ0) is 13.9. The van der Waals surface area contributed by atoms with Crippen LogP contribution in [0.3, 0.4) is 0 Å². The average molecular weight is 307 g/mol. The summed E-state index contributed by atoms with van der Waals surface area (Å²) in [4.78, 5) is 11.6. The highest BCUT2D eigenvalue weighted by molar-refractivity contribution is 5.91. The van der Waals surface area contributed by atoms with Crippen molar-refractivity contribution < 1.29 is 14.3 Å². The number of rotatable bonds is 10. The van der Waals surface area contributed by atoms with E-state index in [1.54, 1.807) is 25.0 Å². The van der Waals surface area contributed by atoms with Gasteiger partial charge < -0.3 is 20.1 Å². The van der Waals surface area contributed by atoms with E-state index in [0.29, 0.717) is 25.6 Å². The SMILES string of the molecule is COCCCn1ccc(NC(=O)CNCCOC)n1.Cl. The van der Waals surface area contributed by atoms with Gasteiger partial charge in [-0.15, -0.1) is 12.4 Å². The smallest absolute Gasteiger partial charge is 0.239 e. The van der Waals surface area contributed by atoms with Crippen LogP contribution in [0.25, 0.3) is 0 Å². The number of amides is 1. The van der Waals surface area contributed by atoms with E-state index in [9.17, 15) is 4.79 Å². The highest BCUT2D eigenvalue weighted by atomic mass is 35.5. The van der Waals surface area contributed by atoms with Crippen LogP contribution >= 0.6 is 12.4 Å². The molecule has 0 unspecified atom stereocenters. The lowest BCUT2D eigenvalue weighted by Crippen LogP contribution is -2.30. The molecule has 0 bridgehead atoms. The third-order valence-corrected chi connectivity index (χ3v) is 2.41. The number of methoxy groups -OCH3 is 2. The van der Waals surface area contributed by atoms with Crippen molar-refractivity contribution in [1.82, 2.24) is 15.1 Å². The van der Waals surface area contributed by atoms with Crippen LogP contribution in [0.2, 0.25) is 0 Å². The average Bonchev–Trinajstić information content (AvgIpc) is 2.83. The fourth-order valence-corrected chi connectivity index (χ4v) is 1.49. The molecule has 8 heteroatoms. The molecule has 2 N–H and O–H groups in total. The zero-order valence-corrected chi connectivity index (χ0v) is 12.7. The van der Waals surface area contributed by atoms with Crippen molar-refractivity contribution in [3.8, 4) is 0 Å². The third kappa shape index (κ3) is 8.11. The Morgan fingerprint density at radius 2 is 2.10 bits per heavy atom. The summed E-state index contributed by atoms with van der Waals surface area (Å²) in [5.74, 6) is 0.453. The lowest BCUT2D eigenvalue weighted by molar-refractivity contribution is -0.115. The molecular formula is C12H23ClN4O3. The molecule has 1 heterocycles. The predicted octanol–water partition coefficient (Wildman–Crippen LogP) is 0.516. The second-order valence-corrected chi connectivity index (χ2v) is 4.03. The summed E-state index contributed by atoms with van der Waals surface area (Å²) < 4.78 is 11.6. The van der Waals surface area contributed by atoms with E-state index >= 15 is 0 Å². The second kappa shape index (κ2) is 11.7. The predicted molar refractivity (Wildman–Crippen MR) is 79.3 cm³/mol. The largest absolute Gasteiger partial charge is 0.385 e. The van der Waals surface area contributed by atoms with Gasteiger partial charge in [-0.1, -0.05) is 0 Å². The summed E-state index contributed by atoms with van der Waals surface area (Å²) in [6.07, 6.45) is 2.73. The quantitative estimate of drug-likeness (QED) is 0.616. The Morgan fingerprint density at radius 1 is 1.35 bits per heavy atom. The second-order valence-electron chi connectivity index (χ2n) is 4.03. The molecule has 0 aromatic carbocycles. The lowest BCUT2D eigenvalue weighted by Gasteiger charge is -2.04. The van der Waals surface area contributed by atoms with Crippen LogP contribution in [0.5, 0.6) is 0 Å². The van der Waals surface area contributed by atoms with Gasteiger partial charge in [-0.2, -0.15) is 5.10 Å². The minimum Gasteiger partial charge on any atom is -0.385 e. The summed E-state index contributed by atoms with van der Waals surface area (Å²) in [6, 6.07) is 1.78. The summed E-state index contributed by atoms with van der Waals surface area (Å²) >= 11 is 0. The van der Waals surface area contributed by atoms with Gasteiger partial charge in [-0.05, 0) is 6.42 Å². The van der Waals surface area contributed by atoms with Crippen LogP contribution < -0.4 is 10.6 Å². The molecule has 0 atom stereocenters. The molecule has 1 amide bonds. The molecule has 116 valence electrons. The monoisotopic (exact) mass is 306 g/mol. The van der Waals surface area contributed by atoms with Gasteiger partial charge >= 0.3 is 0 Å². The molecule has 0 spiro atoms. The maximum Gasteiger partial charge on any atom is 0.239 e. The molecule has 0 saturated heterocycles. The van der Waals surface area contributed by atoms with Crippen LogP contribution in [-0.4, -0.2) is 56.2 Å². The minimum atomic E-state index is -0.113. The number of halogens is 1. The molecule has 0 saturated carbocycles. The van der Waals surface area contributed by atoms with Crippen molar-refractivity contribution in [2.45, 2.75) is 13.0 Å². The third-order valence-electron chi connectivity index (χ3n) is 2.41. The maximum atomic E-state index is 11.6. The van der Waals surface area contributed by atoms with Crippen molar-refractivity contribution >= 4 is 24.1 Å². The fourth-order valence-electron chi connectivity index (χ4n) is 1.49. The van der Waals surface area contributed by atoms with E-state index in [0.717, 1.165) is 13.0 Å². The molecule has 1 rings (SSSR count). The number of hydrogen-bond donors (Lipinski definition) is 2. The normalized spacial score (nSPS) is 10.1. The van der Waals surface area contributed by atoms with Crippen molar-refractivity contribution in [1.29, 1.82) is 0 Å². The van der Waals surface area contributed by atoms with Gasteiger partial charge in [0.1, 0.15) is 0 Å². The van der Waals surface area contributed by atoms with Gasteiger partial charge in [0, 0.05) is 46.2 Å². The van der Waals surface area contributed by atoms with Crippen LogP contribution in [0.1, 0.15) is 6.42 Å². The van der Waals surface area contributed by atoms with E-state index in [4.69, 9.17) is 9.47 Å². The molecule has 0 radical (unpaired) electrons. The number of nitrogens with one attached hydrogen (secondary N) is 2. The topological polar surface area (TPSA) is 77.4 Å². The standard InChI is InChI=1S/C12H22N4O3.ClH/c1-18-8-3-6-16-7-4-11(15-16)14-12(17)10-13-5-9-19-2;/h4,7,13H,3,5-6,8-10H2,1-2H3,(H,14,15,17);1H. The number of hydrogen-bond acceptors (Lipinski definition) is 5. The van der Waals surface area contributed by atoms with Gasteiger partial charge in [-0.3, -0.25) is 9.48 Å². The molecule has 0 aliphatic heterocycles. The number of aryl methyl sites for hydroxylation is 1.